The third-order valence-corrected chi connectivity index (χ3v) is 4.41. The van der Waals surface area contributed by atoms with E-state index in [1.165, 1.54) is 0 Å². The van der Waals surface area contributed by atoms with Gasteiger partial charge in [-0.2, -0.15) is 11.8 Å². The number of thiocarbonyl (C=S) groups is 1. The van der Waals surface area contributed by atoms with E-state index in [9.17, 15) is 4.79 Å². The van der Waals surface area contributed by atoms with Crippen LogP contribution in [0.5, 0.6) is 0 Å². The fourth-order valence-electron chi connectivity index (χ4n) is 1.55. The molecule has 1 aliphatic heterocycles. The predicted molar refractivity (Wildman–Crippen MR) is 69.1 cm³/mol. The highest BCUT2D eigenvalue weighted by Crippen LogP contribution is 2.26. The van der Waals surface area contributed by atoms with E-state index in [0.717, 1.165) is 24.6 Å². The molecule has 1 aliphatic rings. The second-order valence-electron chi connectivity index (χ2n) is 3.95. The van der Waals surface area contributed by atoms with E-state index >= 15 is 0 Å². The van der Waals surface area contributed by atoms with Crippen molar-refractivity contribution in [1.82, 2.24) is 4.90 Å². The summed E-state index contributed by atoms with van der Waals surface area (Å²) in [5.74, 6) is 2.13. The van der Waals surface area contributed by atoms with Crippen LogP contribution in [0.3, 0.4) is 0 Å². The van der Waals surface area contributed by atoms with Crippen LogP contribution in [0.15, 0.2) is 0 Å². The Morgan fingerprint density at radius 3 is 2.47 bits per heavy atom. The lowest BCUT2D eigenvalue weighted by molar-refractivity contribution is -0.137. The van der Waals surface area contributed by atoms with Gasteiger partial charge in [-0.15, -0.1) is 0 Å². The van der Waals surface area contributed by atoms with Gasteiger partial charge in [-0.05, 0) is 13.3 Å². The summed E-state index contributed by atoms with van der Waals surface area (Å²) in [4.78, 5) is 14.4. The zero-order valence-corrected chi connectivity index (χ0v) is 10.9. The number of nitrogens with two attached hydrogens (primary N) is 1. The summed E-state index contributed by atoms with van der Waals surface area (Å²) in [5, 5.41) is 0. The maximum Gasteiger partial charge on any atom is 0.235 e. The van der Waals surface area contributed by atoms with Gasteiger partial charge in [0, 0.05) is 24.6 Å². The van der Waals surface area contributed by atoms with Crippen molar-refractivity contribution >= 4 is 34.9 Å². The van der Waals surface area contributed by atoms with E-state index in [2.05, 4.69) is 0 Å². The minimum Gasteiger partial charge on any atom is -0.392 e. The van der Waals surface area contributed by atoms with E-state index in [1.54, 1.807) is 0 Å². The second-order valence-corrected chi connectivity index (χ2v) is 5.62. The van der Waals surface area contributed by atoms with Crippen LogP contribution in [0.4, 0.5) is 0 Å². The molecule has 1 saturated heterocycles. The molecule has 1 rings (SSSR count). The lowest BCUT2D eigenvalue weighted by Gasteiger charge is -2.35. The molecule has 0 radical (unpaired) electrons. The summed E-state index contributed by atoms with van der Waals surface area (Å²) >= 11 is 6.88. The number of nitrogens with zero attached hydrogens (tertiary/aromatic N) is 1. The van der Waals surface area contributed by atoms with Gasteiger partial charge in [-0.3, -0.25) is 4.79 Å². The summed E-state index contributed by atoms with van der Waals surface area (Å²) in [6, 6.07) is 0. The van der Waals surface area contributed by atoms with Crippen molar-refractivity contribution in [2.75, 3.05) is 24.6 Å². The normalized spacial score (nSPS) is 20.8. The van der Waals surface area contributed by atoms with Gasteiger partial charge in [-0.1, -0.05) is 19.1 Å². The lowest BCUT2D eigenvalue weighted by Crippen LogP contribution is -2.50. The summed E-state index contributed by atoms with van der Waals surface area (Å²) in [5.41, 5.74) is 5.01. The maximum atomic E-state index is 12.2. The Bertz CT molecular complexity index is 264. The molecule has 1 atom stereocenters. The highest BCUT2D eigenvalue weighted by atomic mass is 32.2. The Balaban J connectivity index is 2.75. The summed E-state index contributed by atoms with van der Waals surface area (Å²) in [7, 11) is 0. The van der Waals surface area contributed by atoms with Gasteiger partial charge >= 0.3 is 0 Å². The first-order valence-corrected chi connectivity index (χ1v) is 6.75. The van der Waals surface area contributed by atoms with Crippen LogP contribution in [0.1, 0.15) is 20.3 Å². The van der Waals surface area contributed by atoms with Crippen molar-refractivity contribution in [2.24, 2.45) is 11.1 Å². The van der Waals surface area contributed by atoms with Crippen molar-refractivity contribution in [3.05, 3.63) is 0 Å². The Kier molecular flexibility index (Phi) is 4.40. The van der Waals surface area contributed by atoms with Gasteiger partial charge in [0.2, 0.25) is 5.91 Å². The zero-order valence-electron chi connectivity index (χ0n) is 9.28. The molecule has 3 nitrogen and oxygen atoms in total. The topological polar surface area (TPSA) is 46.3 Å². The smallest absolute Gasteiger partial charge is 0.235 e. The average Bonchev–Trinajstić information content (AvgIpc) is 2.28. The Morgan fingerprint density at radius 1 is 1.53 bits per heavy atom. The van der Waals surface area contributed by atoms with Gasteiger partial charge < -0.3 is 10.6 Å². The molecule has 0 aliphatic carbocycles. The Labute approximate surface area is 101 Å². The zero-order chi connectivity index (χ0) is 11.5. The first kappa shape index (κ1) is 12.8. The van der Waals surface area contributed by atoms with E-state index in [4.69, 9.17) is 18.0 Å². The molecule has 0 saturated carbocycles. The van der Waals surface area contributed by atoms with Gasteiger partial charge in [-0.25, -0.2) is 0 Å². The molecule has 86 valence electrons. The van der Waals surface area contributed by atoms with Gasteiger partial charge in [0.1, 0.15) is 0 Å². The molecule has 1 amide bonds. The molecule has 0 spiro atoms. The summed E-state index contributed by atoms with van der Waals surface area (Å²) in [6.07, 6.45) is 0.671. The van der Waals surface area contributed by atoms with Crippen molar-refractivity contribution in [1.29, 1.82) is 0 Å². The second kappa shape index (κ2) is 5.16. The lowest BCUT2D eigenvalue weighted by atomic mass is 9.86. The molecule has 0 aromatic rings. The molecular weight excluding hydrogens is 228 g/mol. The molecule has 15 heavy (non-hydrogen) atoms. The molecule has 5 heteroatoms. The quantitative estimate of drug-likeness (QED) is 0.762. The molecule has 1 unspecified atom stereocenters. The first-order chi connectivity index (χ1) is 7.02. The third-order valence-electron chi connectivity index (χ3n) is 3.02. The minimum atomic E-state index is -0.655. The number of rotatable bonds is 3. The fraction of sp³-hybridized carbons (Fsp3) is 0.800. The largest absolute Gasteiger partial charge is 0.392 e. The van der Waals surface area contributed by atoms with Gasteiger partial charge in [0.05, 0.1) is 10.4 Å². The van der Waals surface area contributed by atoms with Crippen molar-refractivity contribution in [3.63, 3.8) is 0 Å². The van der Waals surface area contributed by atoms with E-state index in [0.29, 0.717) is 11.4 Å². The monoisotopic (exact) mass is 246 g/mol. The van der Waals surface area contributed by atoms with Gasteiger partial charge in [0.15, 0.2) is 0 Å². The number of amides is 1. The average molecular weight is 246 g/mol. The molecule has 2 N–H and O–H groups in total. The van der Waals surface area contributed by atoms with Crippen LogP contribution in [0.25, 0.3) is 0 Å². The number of hydrogen-bond acceptors (Lipinski definition) is 3. The minimum absolute atomic E-state index is 0.0952. The molecule has 1 heterocycles. The standard InChI is InChI=1S/C10H18N2OS2/c1-3-10(2,8(11)14)9(13)12-4-6-15-7-5-12/h3-7H2,1-2H3,(H2,11,14). The van der Waals surface area contributed by atoms with Crippen LogP contribution >= 0.6 is 24.0 Å². The number of carbonyl (C=O) groups is 1. The predicted octanol–water partition coefficient (Wildman–Crippen LogP) is 1.26. The highest BCUT2D eigenvalue weighted by Gasteiger charge is 2.38. The summed E-state index contributed by atoms with van der Waals surface area (Å²) < 4.78 is 0. The van der Waals surface area contributed by atoms with E-state index in [-0.39, 0.29) is 5.91 Å². The number of thioether (sulfide) groups is 1. The van der Waals surface area contributed by atoms with Crippen molar-refractivity contribution in [3.8, 4) is 0 Å². The molecular formula is C10H18N2OS2. The maximum absolute atomic E-state index is 12.2. The Hall–Kier alpha value is -0.290. The molecule has 0 aromatic heterocycles. The molecule has 0 aromatic carbocycles. The van der Waals surface area contributed by atoms with Crippen LogP contribution in [0.2, 0.25) is 0 Å². The highest BCUT2D eigenvalue weighted by molar-refractivity contribution is 7.99. The van der Waals surface area contributed by atoms with Crippen molar-refractivity contribution < 1.29 is 4.79 Å². The van der Waals surface area contributed by atoms with Crippen LogP contribution < -0.4 is 5.73 Å². The van der Waals surface area contributed by atoms with E-state index in [1.807, 2.05) is 30.5 Å². The SMILES string of the molecule is CCC(C)(C(=O)N1CCSCC1)C(N)=S. The molecule has 1 fully saturated rings. The third kappa shape index (κ3) is 2.64. The van der Waals surface area contributed by atoms with Crippen LogP contribution in [0, 0.1) is 5.41 Å². The number of carbonyl (C=O) groups excluding carboxylic acids is 1. The molecule has 0 bridgehead atoms. The first-order valence-electron chi connectivity index (χ1n) is 5.19. The Morgan fingerprint density at radius 2 is 2.07 bits per heavy atom. The fourth-order valence-corrected chi connectivity index (χ4v) is 2.68. The van der Waals surface area contributed by atoms with Crippen LogP contribution in [-0.4, -0.2) is 40.4 Å². The van der Waals surface area contributed by atoms with E-state index < -0.39 is 5.41 Å². The van der Waals surface area contributed by atoms with Crippen molar-refractivity contribution in [2.45, 2.75) is 20.3 Å². The van der Waals surface area contributed by atoms with Gasteiger partial charge in [0.25, 0.3) is 0 Å². The number of hydrogen-bond donors (Lipinski definition) is 1. The summed E-state index contributed by atoms with van der Waals surface area (Å²) in [6.45, 7) is 5.44. The van der Waals surface area contributed by atoms with Crippen LogP contribution in [-0.2, 0) is 4.79 Å².